The first-order valence-electron chi connectivity index (χ1n) is 9.54. The van der Waals surface area contributed by atoms with Gasteiger partial charge in [0.25, 0.3) is 5.91 Å². The number of aryl methyl sites for hydroxylation is 2. The van der Waals surface area contributed by atoms with Crippen LogP contribution in [0.1, 0.15) is 45.3 Å². The van der Waals surface area contributed by atoms with E-state index in [4.69, 9.17) is 11.6 Å². The molecule has 0 saturated heterocycles. The van der Waals surface area contributed by atoms with Crippen LogP contribution in [0, 0.1) is 12.7 Å². The van der Waals surface area contributed by atoms with E-state index in [1.807, 2.05) is 19.1 Å². The zero-order chi connectivity index (χ0) is 21.3. The number of anilines is 2. The van der Waals surface area contributed by atoms with Gasteiger partial charge in [-0.05, 0) is 56.5 Å². The van der Waals surface area contributed by atoms with E-state index in [-0.39, 0.29) is 16.8 Å². The lowest BCUT2D eigenvalue weighted by atomic mass is 9.90. The van der Waals surface area contributed by atoms with E-state index >= 15 is 0 Å². The Morgan fingerprint density at radius 2 is 1.93 bits per heavy atom. The summed E-state index contributed by atoms with van der Waals surface area (Å²) in [4.78, 5) is 30.9. The first kappa shape index (κ1) is 20.5. The Balaban J connectivity index is 1.50. The number of thiazole rings is 1. The van der Waals surface area contributed by atoms with Gasteiger partial charge in [-0.15, -0.1) is 11.3 Å². The van der Waals surface area contributed by atoms with Crippen molar-refractivity contribution in [2.45, 2.75) is 32.1 Å². The second-order valence-corrected chi connectivity index (χ2v) is 8.70. The number of fused-ring (bicyclic) bond motifs is 1. The summed E-state index contributed by atoms with van der Waals surface area (Å²) in [5, 5.41) is 6.06. The van der Waals surface area contributed by atoms with Crippen molar-refractivity contribution in [2.75, 3.05) is 10.6 Å². The molecule has 0 saturated carbocycles. The summed E-state index contributed by atoms with van der Waals surface area (Å²) in [7, 11) is 0. The number of amides is 2. The van der Waals surface area contributed by atoms with E-state index in [9.17, 15) is 14.0 Å². The molecule has 3 aromatic rings. The fourth-order valence-corrected chi connectivity index (χ4v) is 4.65. The second kappa shape index (κ2) is 8.53. The monoisotopic (exact) mass is 443 g/mol. The molecule has 2 N–H and O–H groups in total. The normalized spacial score (nSPS) is 15.4. The lowest BCUT2D eigenvalue weighted by molar-refractivity contribution is -0.117. The smallest absolute Gasteiger partial charge is 0.257 e. The molecule has 30 heavy (non-hydrogen) atoms. The number of aromatic nitrogens is 1. The Bertz CT molecular complexity index is 1110. The molecule has 1 atom stereocenters. The van der Waals surface area contributed by atoms with Crippen LogP contribution < -0.4 is 10.6 Å². The molecule has 1 aliphatic carbocycles. The first-order chi connectivity index (χ1) is 14.4. The Kier molecular flexibility index (Phi) is 5.83. The summed E-state index contributed by atoms with van der Waals surface area (Å²) in [5.41, 5.74) is 2.75. The van der Waals surface area contributed by atoms with E-state index < -0.39 is 11.7 Å². The molecule has 1 aromatic heterocycles. The molecule has 0 aliphatic heterocycles. The molecule has 4 rings (SSSR count). The molecule has 1 unspecified atom stereocenters. The van der Waals surface area contributed by atoms with Crippen LogP contribution >= 0.6 is 22.9 Å². The fourth-order valence-electron chi connectivity index (χ4n) is 3.40. The van der Waals surface area contributed by atoms with Gasteiger partial charge in [0.15, 0.2) is 5.13 Å². The maximum absolute atomic E-state index is 13.3. The largest absolute Gasteiger partial charge is 0.325 e. The van der Waals surface area contributed by atoms with Gasteiger partial charge in [0.05, 0.1) is 16.6 Å². The Morgan fingerprint density at radius 1 is 1.17 bits per heavy atom. The zero-order valence-corrected chi connectivity index (χ0v) is 17.7. The molecule has 1 aliphatic rings. The highest BCUT2D eigenvalue weighted by Crippen LogP contribution is 2.37. The lowest BCUT2D eigenvalue weighted by Crippen LogP contribution is -2.24. The quantitative estimate of drug-likeness (QED) is 0.555. The Morgan fingerprint density at radius 3 is 2.67 bits per heavy atom. The van der Waals surface area contributed by atoms with Crippen molar-refractivity contribution < 1.29 is 14.0 Å². The van der Waals surface area contributed by atoms with Crippen LogP contribution in [0.15, 0.2) is 42.5 Å². The van der Waals surface area contributed by atoms with Crippen molar-refractivity contribution in [1.29, 1.82) is 0 Å². The minimum Gasteiger partial charge on any atom is -0.325 e. The SMILES string of the molecule is Cc1ccc(C(=O)Nc2nc3c(s2)CCCC3C(=O)Nc2ccc(F)c(Cl)c2)cc1. The highest BCUT2D eigenvalue weighted by molar-refractivity contribution is 7.16. The Hall–Kier alpha value is -2.77. The maximum Gasteiger partial charge on any atom is 0.257 e. The topological polar surface area (TPSA) is 71.1 Å². The number of hydrogen-bond acceptors (Lipinski definition) is 4. The number of carbonyl (C=O) groups is 2. The molecule has 2 amide bonds. The summed E-state index contributed by atoms with van der Waals surface area (Å²) < 4.78 is 13.3. The highest BCUT2D eigenvalue weighted by atomic mass is 35.5. The molecule has 154 valence electrons. The van der Waals surface area contributed by atoms with Gasteiger partial charge in [-0.1, -0.05) is 29.3 Å². The molecule has 1 heterocycles. The Labute approximate surface area is 182 Å². The number of carbonyl (C=O) groups excluding carboxylic acids is 2. The summed E-state index contributed by atoms with van der Waals surface area (Å²) in [6.45, 7) is 1.96. The fraction of sp³-hybridized carbons (Fsp3) is 0.227. The predicted molar refractivity (Wildman–Crippen MR) is 117 cm³/mol. The third-order valence-corrected chi connectivity index (χ3v) is 6.33. The molecule has 5 nitrogen and oxygen atoms in total. The standard InChI is InChI=1S/C22H19ClFN3O2S/c1-12-5-7-13(8-6-12)20(28)27-22-26-19-15(3-2-4-18(19)30-22)21(29)25-14-9-10-17(24)16(23)11-14/h5-11,15H,2-4H2,1H3,(H,25,29)(H,26,27,28). The van der Waals surface area contributed by atoms with Gasteiger partial charge in [0.1, 0.15) is 5.82 Å². The van der Waals surface area contributed by atoms with Gasteiger partial charge in [0.2, 0.25) is 5.91 Å². The summed E-state index contributed by atoms with van der Waals surface area (Å²) in [6, 6.07) is 11.4. The van der Waals surface area contributed by atoms with Gasteiger partial charge in [0, 0.05) is 16.1 Å². The molecule has 2 aromatic carbocycles. The second-order valence-electron chi connectivity index (χ2n) is 7.21. The van der Waals surface area contributed by atoms with Crippen LogP contribution in [-0.4, -0.2) is 16.8 Å². The average molecular weight is 444 g/mol. The van der Waals surface area contributed by atoms with Crippen molar-refractivity contribution in [2.24, 2.45) is 0 Å². The molecule has 8 heteroatoms. The zero-order valence-electron chi connectivity index (χ0n) is 16.2. The average Bonchev–Trinajstić information content (AvgIpc) is 3.13. The van der Waals surface area contributed by atoms with Crippen LogP contribution in [0.4, 0.5) is 15.2 Å². The van der Waals surface area contributed by atoms with Crippen molar-refractivity contribution in [3.8, 4) is 0 Å². The minimum absolute atomic E-state index is 0.0492. The molecule has 0 bridgehead atoms. The van der Waals surface area contributed by atoms with Crippen molar-refractivity contribution in [3.63, 3.8) is 0 Å². The van der Waals surface area contributed by atoms with Gasteiger partial charge in [-0.2, -0.15) is 0 Å². The number of nitrogens with zero attached hydrogens (tertiary/aromatic N) is 1. The van der Waals surface area contributed by atoms with Crippen LogP contribution in [0.2, 0.25) is 5.02 Å². The van der Waals surface area contributed by atoms with E-state index in [0.717, 1.165) is 23.3 Å². The summed E-state index contributed by atoms with van der Waals surface area (Å²) in [6.07, 6.45) is 2.32. The van der Waals surface area contributed by atoms with Crippen molar-refractivity contribution in [3.05, 3.63) is 75.0 Å². The molecule has 0 radical (unpaired) electrons. The molecule has 0 fully saturated rings. The van der Waals surface area contributed by atoms with Crippen LogP contribution in [0.3, 0.4) is 0 Å². The number of halogens is 2. The van der Waals surface area contributed by atoms with Gasteiger partial charge in [-0.25, -0.2) is 9.37 Å². The van der Waals surface area contributed by atoms with Gasteiger partial charge in [-0.3, -0.25) is 14.9 Å². The van der Waals surface area contributed by atoms with E-state index in [0.29, 0.717) is 28.5 Å². The van der Waals surface area contributed by atoms with Crippen LogP contribution in [0.5, 0.6) is 0 Å². The summed E-state index contributed by atoms with van der Waals surface area (Å²) in [5.74, 6) is -1.43. The highest BCUT2D eigenvalue weighted by Gasteiger charge is 2.30. The number of hydrogen-bond donors (Lipinski definition) is 2. The van der Waals surface area contributed by atoms with E-state index in [1.54, 1.807) is 12.1 Å². The maximum atomic E-state index is 13.3. The third kappa shape index (κ3) is 4.37. The van der Waals surface area contributed by atoms with Crippen molar-refractivity contribution >= 4 is 45.6 Å². The van der Waals surface area contributed by atoms with E-state index in [1.165, 1.54) is 29.5 Å². The molecule has 0 spiro atoms. The van der Waals surface area contributed by atoms with Crippen LogP contribution in [0.25, 0.3) is 0 Å². The predicted octanol–water partition coefficient (Wildman–Crippen LogP) is 5.55. The van der Waals surface area contributed by atoms with Crippen LogP contribution in [-0.2, 0) is 11.2 Å². The van der Waals surface area contributed by atoms with Crippen molar-refractivity contribution in [1.82, 2.24) is 4.98 Å². The molecular weight excluding hydrogens is 425 g/mol. The van der Waals surface area contributed by atoms with E-state index in [2.05, 4.69) is 15.6 Å². The number of nitrogens with one attached hydrogen (secondary N) is 2. The van der Waals surface area contributed by atoms with Gasteiger partial charge < -0.3 is 5.32 Å². The number of rotatable bonds is 4. The minimum atomic E-state index is -0.539. The third-order valence-electron chi connectivity index (χ3n) is 4.99. The lowest BCUT2D eigenvalue weighted by Gasteiger charge is -2.20. The van der Waals surface area contributed by atoms with Gasteiger partial charge >= 0.3 is 0 Å². The molecular formula is C22H19ClFN3O2S. The first-order valence-corrected chi connectivity index (χ1v) is 10.7. The summed E-state index contributed by atoms with van der Waals surface area (Å²) >= 11 is 7.20. The number of benzene rings is 2.